The third-order valence-electron chi connectivity index (χ3n) is 6.74. The molecule has 212 valence electrons. The van der Waals surface area contributed by atoms with E-state index in [1.807, 2.05) is 24.3 Å². The highest BCUT2D eigenvalue weighted by molar-refractivity contribution is 7.13. The number of carboxylic acids is 1. The van der Waals surface area contributed by atoms with E-state index in [2.05, 4.69) is 12.3 Å². The van der Waals surface area contributed by atoms with E-state index in [4.69, 9.17) is 4.98 Å². The monoisotopic (exact) mass is 560 g/mol. The van der Waals surface area contributed by atoms with E-state index in [9.17, 15) is 23.1 Å². The van der Waals surface area contributed by atoms with Gasteiger partial charge in [0.05, 0.1) is 17.8 Å². The van der Waals surface area contributed by atoms with Gasteiger partial charge in [0.25, 0.3) is 0 Å². The maximum Gasteiger partial charge on any atom is 0.416 e. The van der Waals surface area contributed by atoms with Crippen molar-refractivity contribution in [2.45, 2.75) is 90.4 Å². The normalized spacial score (nSPS) is 11.8. The number of alkyl halides is 3. The molecule has 2 aromatic carbocycles. The molecule has 3 aromatic rings. The quantitative estimate of drug-likeness (QED) is 0.167. The fraction of sp³-hybridized carbons (Fsp3) is 0.484. The van der Waals surface area contributed by atoms with Crippen molar-refractivity contribution in [1.29, 1.82) is 0 Å². The summed E-state index contributed by atoms with van der Waals surface area (Å²) in [7, 11) is 0. The topological polar surface area (TPSA) is 53.4 Å². The minimum Gasteiger partial charge on any atom is -0.480 e. The van der Waals surface area contributed by atoms with Gasteiger partial charge in [-0.1, -0.05) is 94.7 Å². The molecule has 0 aliphatic carbocycles. The summed E-state index contributed by atoms with van der Waals surface area (Å²) in [6.07, 6.45) is 8.34. The van der Waals surface area contributed by atoms with E-state index in [1.165, 1.54) is 63.5 Å². The Morgan fingerprint density at radius 3 is 1.92 bits per heavy atom. The van der Waals surface area contributed by atoms with Gasteiger partial charge in [-0.05, 0) is 36.1 Å². The molecule has 1 heterocycles. The minimum atomic E-state index is -4.40. The lowest BCUT2D eigenvalue weighted by molar-refractivity contribution is -0.139. The zero-order valence-corrected chi connectivity index (χ0v) is 23.5. The molecule has 0 aliphatic heterocycles. The van der Waals surface area contributed by atoms with Crippen LogP contribution in [-0.2, 0) is 30.5 Å². The lowest BCUT2D eigenvalue weighted by atomic mass is 10.1. The van der Waals surface area contributed by atoms with Crippen molar-refractivity contribution in [2.24, 2.45) is 0 Å². The summed E-state index contributed by atoms with van der Waals surface area (Å²) < 4.78 is 38.5. The van der Waals surface area contributed by atoms with Gasteiger partial charge in [0, 0.05) is 24.0 Å². The number of rotatable bonds is 17. The van der Waals surface area contributed by atoms with Crippen molar-refractivity contribution in [3.63, 3.8) is 0 Å². The van der Waals surface area contributed by atoms with Gasteiger partial charge < -0.3 is 5.11 Å². The predicted molar refractivity (Wildman–Crippen MR) is 152 cm³/mol. The second-order valence-corrected chi connectivity index (χ2v) is 11.0. The van der Waals surface area contributed by atoms with Crippen LogP contribution in [0.4, 0.5) is 13.2 Å². The van der Waals surface area contributed by atoms with Crippen molar-refractivity contribution in [3.05, 3.63) is 76.3 Å². The molecule has 0 atom stereocenters. The Morgan fingerprint density at radius 2 is 1.38 bits per heavy atom. The van der Waals surface area contributed by atoms with E-state index < -0.39 is 17.7 Å². The van der Waals surface area contributed by atoms with Crippen LogP contribution in [0.3, 0.4) is 0 Å². The highest BCUT2D eigenvalue weighted by atomic mass is 32.1. The van der Waals surface area contributed by atoms with Crippen molar-refractivity contribution >= 4 is 17.3 Å². The molecule has 0 amide bonds. The van der Waals surface area contributed by atoms with E-state index in [0.29, 0.717) is 12.1 Å². The molecule has 0 saturated heterocycles. The Bertz CT molecular complexity index is 1130. The first-order chi connectivity index (χ1) is 18.7. The zero-order valence-electron chi connectivity index (χ0n) is 22.7. The molecule has 0 unspecified atom stereocenters. The maximum atomic E-state index is 12.8. The molecule has 0 radical (unpaired) electrons. The van der Waals surface area contributed by atoms with Gasteiger partial charge in [0.15, 0.2) is 0 Å². The Hall–Kier alpha value is -2.71. The third kappa shape index (κ3) is 11.1. The fourth-order valence-corrected chi connectivity index (χ4v) is 5.46. The number of unbranched alkanes of at least 4 members (excludes halogenated alkanes) is 8. The molecule has 0 saturated carbocycles. The maximum absolute atomic E-state index is 12.8. The van der Waals surface area contributed by atoms with Gasteiger partial charge in [-0.3, -0.25) is 9.69 Å². The van der Waals surface area contributed by atoms with Gasteiger partial charge in [-0.2, -0.15) is 13.2 Å². The summed E-state index contributed by atoms with van der Waals surface area (Å²) in [6.45, 7) is 2.64. The second kappa shape index (κ2) is 15.8. The number of aryl methyl sites for hydroxylation is 1. The first-order valence-electron chi connectivity index (χ1n) is 13.9. The largest absolute Gasteiger partial charge is 0.480 e. The first kappa shape index (κ1) is 30.8. The molecule has 1 aromatic heterocycles. The average Bonchev–Trinajstić information content (AvgIpc) is 3.36. The molecule has 1 N–H and O–H groups in total. The molecule has 0 spiro atoms. The lowest BCUT2D eigenvalue weighted by Crippen LogP contribution is -2.29. The smallest absolute Gasteiger partial charge is 0.416 e. The summed E-state index contributed by atoms with van der Waals surface area (Å²) >= 11 is 1.64. The third-order valence-corrected chi connectivity index (χ3v) is 7.68. The molecule has 39 heavy (non-hydrogen) atoms. The second-order valence-electron chi connectivity index (χ2n) is 10.2. The van der Waals surface area contributed by atoms with Crippen LogP contribution in [0.25, 0.3) is 10.6 Å². The van der Waals surface area contributed by atoms with Crippen molar-refractivity contribution in [2.75, 3.05) is 6.54 Å². The van der Waals surface area contributed by atoms with E-state index >= 15 is 0 Å². The van der Waals surface area contributed by atoms with Crippen LogP contribution >= 0.6 is 11.3 Å². The number of nitrogens with zero attached hydrogens (tertiary/aromatic N) is 2. The molecule has 8 heteroatoms. The van der Waals surface area contributed by atoms with E-state index in [-0.39, 0.29) is 13.1 Å². The van der Waals surface area contributed by atoms with E-state index in [1.54, 1.807) is 16.2 Å². The molecule has 4 nitrogen and oxygen atoms in total. The van der Waals surface area contributed by atoms with Crippen LogP contribution in [0.15, 0.2) is 53.9 Å². The SMILES string of the molecule is CCCCCCCCCCCc1csc(-c2ccc(CN(CC(=O)O)Cc3ccc(C(F)(F)F)cc3)cc2)n1. The van der Waals surface area contributed by atoms with Gasteiger partial charge in [0.2, 0.25) is 0 Å². The number of carbonyl (C=O) groups is 1. The molecule has 0 aliphatic rings. The van der Waals surface area contributed by atoms with Crippen LogP contribution in [0.5, 0.6) is 0 Å². The van der Waals surface area contributed by atoms with Gasteiger partial charge >= 0.3 is 12.1 Å². The van der Waals surface area contributed by atoms with Gasteiger partial charge in [0.1, 0.15) is 5.01 Å². The van der Waals surface area contributed by atoms with Crippen LogP contribution < -0.4 is 0 Å². The number of hydrogen-bond acceptors (Lipinski definition) is 4. The van der Waals surface area contributed by atoms with Gasteiger partial charge in [-0.15, -0.1) is 11.3 Å². The van der Waals surface area contributed by atoms with Crippen LogP contribution in [0.2, 0.25) is 0 Å². The Morgan fingerprint density at radius 1 is 0.846 bits per heavy atom. The summed E-state index contributed by atoms with van der Waals surface area (Å²) in [5, 5.41) is 12.4. The minimum absolute atomic E-state index is 0.211. The number of hydrogen-bond donors (Lipinski definition) is 1. The number of aliphatic carboxylic acids is 1. The van der Waals surface area contributed by atoms with Crippen molar-refractivity contribution in [3.8, 4) is 10.6 Å². The number of carboxylic acid groups (broad SMARTS) is 1. The fourth-order valence-electron chi connectivity index (χ4n) is 4.60. The predicted octanol–water partition coefficient (Wildman–Crippen LogP) is 8.99. The number of halogens is 3. The van der Waals surface area contributed by atoms with Crippen LogP contribution in [-0.4, -0.2) is 27.5 Å². The molecule has 0 bridgehead atoms. The van der Waals surface area contributed by atoms with E-state index in [0.717, 1.165) is 46.8 Å². The van der Waals surface area contributed by atoms with Crippen molar-refractivity contribution in [1.82, 2.24) is 9.88 Å². The Kier molecular flexibility index (Phi) is 12.5. The highest BCUT2D eigenvalue weighted by Gasteiger charge is 2.30. The molecule has 3 rings (SSSR count). The average molecular weight is 561 g/mol. The number of thiazole rings is 1. The Labute approximate surface area is 233 Å². The summed E-state index contributed by atoms with van der Waals surface area (Å²) in [5.74, 6) is -0.985. The molecule has 0 fully saturated rings. The van der Waals surface area contributed by atoms with Crippen LogP contribution in [0.1, 0.15) is 87.1 Å². The van der Waals surface area contributed by atoms with Crippen LogP contribution in [0, 0.1) is 0 Å². The van der Waals surface area contributed by atoms with Gasteiger partial charge in [-0.25, -0.2) is 4.98 Å². The molecular formula is C31H39F3N2O2S. The number of benzene rings is 2. The summed E-state index contributed by atoms with van der Waals surface area (Å²) in [5.41, 5.74) is 2.99. The summed E-state index contributed by atoms with van der Waals surface area (Å²) in [4.78, 5) is 17.9. The first-order valence-corrected chi connectivity index (χ1v) is 14.8. The van der Waals surface area contributed by atoms with Crippen molar-refractivity contribution < 1.29 is 23.1 Å². The highest BCUT2D eigenvalue weighted by Crippen LogP contribution is 2.29. The number of aromatic nitrogens is 1. The standard InChI is InChI=1S/C31H39F3N2O2S/c1-2-3-4-5-6-7-8-9-10-11-28-23-39-30(35-28)26-16-12-24(13-17-26)20-36(22-29(37)38)21-25-14-18-27(19-15-25)31(32,33)34/h12-19,23H,2-11,20-22H2,1H3,(H,37,38). The molecular weight excluding hydrogens is 521 g/mol. The summed E-state index contributed by atoms with van der Waals surface area (Å²) in [6, 6.07) is 12.8. The zero-order chi connectivity index (χ0) is 28.1. The Balaban J connectivity index is 1.49. The lowest BCUT2D eigenvalue weighted by Gasteiger charge is -2.21.